The summed E-state index contributed by atoms with van der Waals surface area (Å²) < 4.78 is 0. The average Bonchev–Trinajstić information content (AvgIpc) is 2.69. The van der Waals surface area contributed by atoms with E-state index in [1.807, 2.05) is 31.3 Å². The number of nitrogens with zero attached hydrogens (tertiary/aromatic N) is 1. The van der Waals surface area contributed by atoms with Crippen LogP contribution in [0.1, 0.15) is 15.4 Å². The summed E-state index contributed by atoms with van der Waals surface area (Å²) in [5.74, 6) is 0. The fourth-order valence-corrected chi connectivity index (χ4v) is 2.79. The van der Waals surface area contributed by atoms with Gasteiger partial charge in [-0.1, -0.05) is 29.3 Å². The summed E-state index contributed by atoms with van der Waals surface area (Å²) >= 11 is 13.9. The topological polar surface area (TPSA) is 24.9 Å². The second-order valence-electron chi connectivity index (χ2n) is 3.65. The van der Waals surface area contributed by atoms with Gasteiger partial charge in [0.15, 0.2) is 0 Å². The maximum absolute atomic E-state index is 6.08. The molecule has 1 aromatic carbocycles. The van der Waals surface area contributed by atoms with Crippen molar-refractivity contribution in [2.75, 3.05) is 0 Å². The molecule has 5 heteroatoms. The Hall–Kier alpha value is -0.610. The molecule has 0 amide bonds. The summed E-state index contributed by atoms with van der Waals surface area (Å²) in [4.78, 5) is 5.42. The molecular weight excluding hydrogens is 275 g/mol. The lowest BCUT2D eigenvalue weighted by molar-refractivity contribution is 0.700. The van der Waals surface area contributed by atoms with Crippen LogP contribution in [-0.4, -0.2) is 4.98 Å². The second-order valence-corrected chi connectivity index (χ2v) is 5.78. The molecule has 2 nitrogen and oxygen atoms in total. The lowest BCUT2D eigenvalue weighted by Gasteiger charge is -2.07. The van der Waals surface area contributed by atoms with Gasteiger partial charge in [0.1, 0.15) is 0 Å². The summed E-state index contributed by atoms with van der Waals surface area (Å²) in [5, 5.41) is 5.79. The van der Waals surface area contributed by atoms with Crippen molar-refractivity contribution >= 4 is 34.5 Å². The first kappa shape index (κ1) is 12.8. The standard InChI is InChI=1S/C12H12Cl2N2S/c1-8-16-6-9(17-8)5-15-7-10-11(13)3-2-4-12(10)14/h2-4,6,15H,5,7H2,1H3. The predicted octanol–water partition coefficient (Wildman–Crippen LogP) is 4.05. The lowest BCUT2D eigenvalue weighted by Crippen LogP contribution is -2.12. The third-order valence-electron chi connectivity index (χ3n) is 2.33. The van der Waals surface area contributed by atoms with Crippen molar-refractivity contribution in [2.24, 2.45) is 0 Å². The zero-order valence-electron chi connectivity index (χ0n) is 9.34. The molecule has 0 unspecified atom stereocenters. The maximum atomic E-state index is 6.08. The van der Waals surface area contributed by atoms with E-state index in [0.29, 0.717) is 16.6 Å². The first-order chi connectivity index (χ1) is 8.16. The van der Waals surface area contributed by atoms with E-state index < -0.39 is 0 Å². The van der Waals surface area contributed by atoms with Gasteiger partial charge < -0.3 is 5.32 Å². The third kappa shape index (κ3) is 3.42. The highest BCUT2D eigenvalue weighted by Gasteiger charge is 2.05. The van der Waals surface area contributed by atoms with Crippen LogP contribution in [0.3, 0.4) is 0 Å². The van der Waals surface area contributed by atoms with Crippen molar-refractivity contribution in [1.29, 1.82) is 0 Å². The smallest absolute Gasteiger partial charge is 0.0897 e. The predicted molar refractivity (Wildman–Crippen MR) is 73.9 cm³/mol. The Balaban J connectivity index is 1.94. The van der Waals surface area contributed by atoms with Crippen LogP contribution in [0.15, 0.2) is 24.4 Å². The number of halogens is 2. The molecule has 0 bridgehead atoms. The molecule has 0 saturated heterocycles. The van der Waals surface area contributed by atoms with E-state index in [0.717, 1.165) is 17.1 Å². The van der Waals surface area contributed by atoms with Crippen LogP contribution in [0.2, 0.25) is 10.0 Å². The van der Waals surface area contributed by atoms with Gasteiger partial charge in [0.05, 0.1) is 5.01 Å². The van der Waals surface area contributed by atoms with E-state index in [-0.39, 0.29) is 0 Å². The largest absolute Gasteiger partial charge is 0.308 e. The number of aryl methyl sites for hydroxylation is 1. The normalized spacial score (nSPS) is 10.8. The second kappa shape index (κ2) is 5.83. The van der Waals surface area contributed by atoms with Gasteiger partial charge in [0.2, 0.25) is 0 Å². The Morgan fingerprint density at radius 2 is 1.94 bits per heavy atom. The van der Waals surface area contributed by atoms with Crippen molar-refractivity contribution in [1.82, 2.24) is 10.3 Å². The van der Waals surface area contributed by atoms with Crippen LogP contribution in [0.4, 0.5) is 0 Å². The highest BCUT2D eigenvalue weighted by molar-refractivity contribution is 7.11. The summed E-state index contributed by atoms with van der Waals surface area (Å²) in [6.45, 7) is 3.45. The van der Waals surface area contributed by atoms with Crippen LogP contribution < -0.4 is 5.32 Å². The molecule has 90 valence electrons. The molecule has 1 N–H and O–H groups in total. The van der Waals surface area contributed by atoms with Crippen LogP contribution in [0, 0.1) is 6.92 Å². The Morgan fingerprint density at radius 3 is 2.53 bits per heavy atom. The van der Waals surface area contributed by atoms with Crippen molar-refractivity contribution in [3.63, 3.8) is 0 Å². The summed E-state index contributed by atoms with van der Waals surface area (Å²) in [6, 6.07) is 5.54. The van der Waals surface area contributed by atoms with E-state index in [1.54, 1.807) is 11.3 Å². The van der Waals surface area contributed by atoms with Crippen LogP contribution in [0.5, 0.6) is 0 Å². The molecule has 1 aromatic heterocycles. The van der Waals surface area contributed by atoms with Gasteiger partial charge in [0.25, 0.3) is 0 Å². The first-order valence-corrected chi connectivity index (χ1v) is 6.79. The van der Waals surface area contributed by atoms with E-state index >= 15 is 0 Å². The quantitative estimate of drug-likeness (QED) is 0.917. The molecule has 17 heavy (non-hydrogen) atoms. The van der Waals surface area contributed by atoms with E-state index in [9.17, 15) is 0 Å². The molecule has 0 aliphatic rings. The molecule has 0 spiro atoms. The van der Waals surface area contributed by atoms with Gasteiger partial charge in [-0.15, -0.1) is 11.3 Å². The van der Waals surface area contributed by atoms with Gasteiger partial charge in [-0.25, -0.2) is 4.98 Å². The number of nitrogens with one attached hydrogen (secondary N) is 1. The zero-order chi connectivity index (χ0) is 12.3. The van der Waals surface area contributed by atoms with Crippen LogP contribution in [0.25, 0.3) is 0 Å². The molecule has 0 radical (unpaired) electrons. The Labute approximate surface area is 115 Å². The summed E-state index contributed by atoms with van der Waals surface area (Å²) in [6.07, 6.45) is 1.89. The van der Waals surface area contributed by atoms with E-state index in [1.165, 1.54) is 4.88 Å². The molecule has 0 saturated carbocycles. The molecule has 2 aromatic rings. The van der Waals surface area contributed by atoms with Gasteiger partial charge in [-0.05, 0) is 19.1 Å². The van der Waals surface area contributed by atoms with Gasteiger partial charge in [-0.3, -0.25) is 0 Å². The van der Waals surface area contributed by atoms with E-state index in [4.69, 9.17) is 23.2 Å². The Morgan fingerprint density at radius 1 is 1.24 bits per heavy atom. The molecule has 0 aliphatic heterocycles. The van der Waals surface area contributed by atoms with Crippen molar-refractivity contribution in [3.05, 3.63) is 49.9 Å². The summed E-state index contributed by atoms with van der Waals surface area (Å²) in [5.41, 5.74) is 0.942. The fourth-order valence-electron chi connectivity index (χ4n) is 1.50. The van der Waals surface area contributed by atoms with Gasteiger partial charge in [0, 0.05) is 39.8 Å². The number of thiazole rings is 1. The minimum atomic E-state index is 0.662. The van der Waals surface area contributed by atoms with Gasteiger partial charge in [-0.2, -0.15) is 0 Å². The zero-order valence-corrected chi connectivity index (χ0v) is 11.7. The minimum absolute atomic E-state index is 0.662. The van der Waals surface area contributed by atoms with Crippen LogP contribution >= 0.6 is 34.5 Å². The fraction of sp³-hybridized carbons (Fsp3) is 0.250. The van der Waals surface area contributed by atoms with Gasteiger partial charge >= 0.3 is 0 Å². The third-order valence-corrected chi connectivity index (χ3v) is 3.95. The van der Waals surface area contributed by atoms with Crippen LogP contribution in [-0.2, 0) is 13.1 Å². The lowest BCUT2D eigenvalue weighted by atomic mass is 10.2. The number of hydrogen-bond donors (Lipinski definition) is 1. The molecule has 0 fully saturated rings. The van der Waals surface area contributed by atoms with Crippen molar-refractivity contribution in [3.8, 4) is 0 Å². The molecule has 2 rings (SSSR count). The SMILES string of the molecule is Cc1ncc(CNCc2c(Cl)cccc2Cl)s1. The maximum Gasteiger partial charge on any atom is 0.0897 e. The highest BCUT2D eigenvalue weighted by Crippen LogP contribution is 2.24. The Bertz CT molecular complexity index is 491. The minimum Gasteiger partial charge on any atom is -0.308 e. The number of aromatic nitrogens is 1. The number of hydrogen-bond acceptors (Lipinski definition) is 3. The van der Waals surface area contributed by atoms with Crippen molar-refractivity contribution < 1.29 is 0 Å². The number of benzene rings is 1. The van der Waals surface area contributed by atoms with Crippen molar-refractivity contribution in [2.45, 2.75) is 20.0 Å². The monoisotopic (exact) mass is 286 g/mol. The molecule has 0 atom stereocenters. The average molecular weight is 287 g/mol. The first-order valence-electron chi connectivity index (χ1n) is 5.21. The summed E-state index contributed by atoms with van der Waals surface area (Å²) in [7, 11) is 0. The van der Waals surface area contributed by atoms with E-state index in [2.05, 4.69) is 10.3 Å². The number of rotatable bonds is 4. The molecular formula is C12H12Cl2N2S. The molecule has 0 aliphatic carbocycles. The Kier molecular flexibility index (Phi) is 4.40. The highest BCUT2D eigenvalue weighted by atomic mass is 35.5. The molecule has 1 heterocycles.